The molecule has 2 unspecified atom stereocenters. The molecule has 4 nitrogen and oxygen atoms in total. The molecule has 164 valence electrons. The number of carbonyl (C=O) groups excluding carboxylic acids is 2. The largest absolute Gasteiger partial charge is 0.469 e. The van der Waals surface area contributed by atoms with Crippen molar-refractivity contribution in [3.63, 3.8) is 0 Å². The van der Waals surface area contributed by atoms with Gasteiger partial charge in [0.05, 0.1) is 19.6 Å². The predicted molar refractivity (Wildman–Crippen MR) is 123 cm³/mol. The van der Waals surface area contributed by atoms with Gasteiger partial charge in [-0.05, 0) is 22.1 Å². The zero-order valence-electron chi connectivity index (χ0n) is 18.7. The molecule has 3 aromatic carbocycles. The van der Waals surface area contributed by atoms with E-state index < -0.39 is 5.41 Å². The second-order valence-electron chi connectivity index (χ2n) is 8.88. The lowest BCUT2D eigenvalue weighted by molar-refractivity contribution is -0.149. The van der Waals surface area contributed by atoms with Crippen molar-refractivity contribution in [2.75, 3.05) is 13.7 Å². The van der Waals surface area contributed by atoms with Gasteiger partial charge in [-0.3, -0.25) is 9.59 Å². The van der Waals surface area contributed by atoms with Crippen LogP contribution in [0.3, 0.4) is 0 Å². The summed E-state index contributed by atoms with van der Waals surface area (Å²) >= 11 is 0. The van der Waals surface area contributed by atoms with Crippen LogP contribution in [0.15, 0.2) is 91.0 Å². The zero-order valence-corrected chi connectivity index (χ0v) is 18.7. The zero-order chi connectivity index (χ0) is 22.8. The van der Waals surface area contributed by atoms with Crippen molar-refractivity contribution < 1.29 is 19.1 Å². The highest BCUT2D eigenvalue weighted by Crippen LogP contribution is 2.59. The third-order valence-corrected chi connectivity index (χ3v) is 6.83. The summed E-state index contributed by atoms with van der Waals surface area (Å²) < 4.78 is 11.0. The number of methoxy groups -OCH3 is 1. The van der Waals surface area contributed by atoms with Gasteiger partial charge in [0.2, 0.25) is 0 Å². The van der Waals surface area contributed by atoms with Crippen molar-refractivity contribution in [3.05, 3.63) is 108 Å². The summed E-state index contributed by atoms with van der Waals surface area (Å²) in [7, 11) is 1.39. The fourth-order valence-electron chi connectivity index (χ4n) is 4.84. The standard InChI is InChI=1S/C28H28O4/c1-27(2)23(24(27)25(29)31-3)19-32-26(30)28(20-13-7-4-8-14-20,21-15-9-5-10-16-21)22-17-11-6-12-18-22/h4-18,23-24H,19H2,1-3H3. The molecule has 3 aromatic rings. The van der Waals surface area contributed by atoms with E-state index in [1.54, 1.807) is 0 Å². The Morgan fingerprint density at radius 1 is 0.781 bits per heavy atom. The topological polar surface area (TPSA) is 52.6 Å². The van der Waals surface area contributed by atoms with Gasteiger partial charge >= 0.3 is 11.9 Å². The quantitative estimate of drug-likeness (QED) is 0.392. The first-order chi connectivity index (χ1) is 15.4. The molecular weight excluding hydrogens is 400 g/mol. The van der Waals surface area contributed by atoms with Gasteiger partial charge in [-0.15, -0.1) is 0 Å². The van der Waals surface area contributed by atoms with Gasteiger partial charge < -0.3 is 9.47 Å². The van der Waals surface area contributed by atoms with Crippen LogP contribution in [-0.4, -0.2) is 25.7 Å². The van der Waals surface area contributed by atoms with Gasteiger partial charge in [-0.2, -0.15) is 0 Å². The average Bonchev–Trinajstić information content (AvgIpc) is 3.39. The smallest absolute Gasteiger partial charge is 0.325 e. The lowest BCUT2D eigenvalue weighted by Crippen LogP contribution is -2.40. The number of hydrogen-bond donors (Lipinski definition) is 0. The SMILES string of the molecule is COC(=O)C1C(COC(=O)C(c2ccccc2)(c2ccccc2)c2ccccc2)C1(C)C. The summed E-state index contributed by atoms with van der Waals surface area (Å²) in [6, 6.07) is 29.1. The molecule has 1 aliphatic carbocycles. The molecule has 0 amide bonds. The van der Waals surface area contributed by atoms with E-state index >= 15 is 0 Å². The van der Waals surface area contributed by atoms with E-state index in [2.05, 4.69) is 0 Å². The molecule has 0 spiro atoms. The molecule has 4 heteroatoms. The molecule has 1 saturated carbocycles. The second kappa shape index (κ2) is 8.62. The van der Waals surface area contributed by atoms with Gasteiger partial charge in [-0.1, -0.05) is 105 Å². The Morgan fingerprint density at radius 2 is 1.19 bits per heavy atom. The Morgan fingerprint density at radius 3 is 1.56 bits per heavy atom. The molecule has 0 N–H and O–H groups in total. The number of rotatable bonds is 7. The van der Waals surface area contributed by atoms with E-state index in [0.29, 0.717) is 0 Å². The Labute approximate surface area is 189 Å². The summed E-state index contributed by atoms with van der Waals surface area (Å²) in [5.74, 6) is -0.942. The highest BCUT2D eigenvalue weighted by atomic mass is 16.5. The van der Waals surface area contributed by atoms with Crippen LogP contribution in [0.25, 0.3) is 0 Å². The number of carbonyl (C=O) groups is 2. The Kier molecular flexibility index (Phi) is 5.88. The summed E-state index contributed by atoms with van der Waals surface area (Å²) in [6.07, 6.45) is 0. The van der Waals surface area contributed by atoms with Gasteiger partial charge in [-0.25, -0.2) is 0 Å². The maximum atomic E-state index is 14.0. The first-order valence-corrected chi connectivity index (χ1v) is 10.9. The third-order valence-electron chi connectivity index (χ3n) is 6.83. The van der Waals surface area contributed by atoms with Crippen LogP contribution in [0.2, 0.25) is 0 Å². The Balaban J connectivity index is 1.76. The highest BCUT2D eigenvalue weighted by molar-refractivity contribution is 5.92. The summed E-state index contributed by atoms with van der Waals surface area (Å²) in [5, 5.41) is 0. The number of benzene rings is 3. The van der Waals surface area contributed by atoms with Crippen molar-refractivity contribution in [1.29, 1.82) is 0 Å². The van der Waals surface area contributed by atoms with Crippen molar-refractivity contribution in [3.8, 4) is 0 Å². The molecule has 0 heterocycles. The summed E-state index contributed by atoms with van der Waals surface area (Å²) in [4.78, 5) is 26.2. The van der Waals surface area contributed by atoms with Gasteiger partial charge in [0.15, 0.2) is 0 Å². The van der Waals surface area contributed by atoms with Crippen LogP contribution in [0.4, 0.5) is 0 Å². The normalized spacial score (nSPS) is 19.1. The molecule has 4 rings (SSSR count). The minimum Gasteiger partial charge on any atom is -0.469 e. The highest BCUT2D eigenvalue weighted by Gasteiger charge is 2.63. The van der Waals surface area contributed by atoms with E-state index in [9.17, 15) is 9.59 Å². The third kappa shape index (κ3) is 3.60. The minimum absolute atomic E-state index is 0.0704. The van der Waals surface area contributed by atoms with E-state index in [0.717, 1.165) is 16.7 Å². The first kappa shape index (κ1) is 21.8. The monoisotopic (exact) mass is 428 g/mol. The number of hydrogen-bond acceptors (Lipinski definition) is 4. The molecule has 2 atom stereocenters. The maximum Gasteiger partial charge on any atom is 0.325 e. The van der Waals surface area contributed by atoms with Crippen molar-refractivity contribution in [1.82, 2.24) is 0 Å². The Hall–Kier alpha value is -3.40. The lowest BCUT2D eigenvalue weighted by Gasteiger charge is -2.33. The molecule has 0 aromatic heterocycles. The molecule has 0 radical (unpaired) electrons. The van der Waals surface area contributed by atoms with Crippen LogP contribution >= 0.6 is 0 Å². The maximum absolute atomic E-state index is 14.0. The predicted octanol–water partition coefficient (Wildman–Crippen LogP) is 5.01. The van der Waals surface area contributed by atoms with Crippen molar-refractivity contribution in [2.24, 2.45) is 17.3 Å². The van der Waals surface area contributed by atoms with Gasteiger partial charge in [0.25, 0.3) is 0 Å². The number of esters is 2. The number of ether oxygens (including phenoxy) is 2. The molecule has 1 fully saturated rings. The average molecular weight is 429 g/mol. The van der Waals surface area contributed by atoms with E-state index in [-0.39, 0.29) is 35.8 Å². The molecule has 0 saturated heterocycles. The first-order valence-electron chi connectivity index (χ1n) is 10.9. The minimum atomic E-state index is -1.12. The summed E-state index contributed by atoms with van der Waals surface area (Å²) in [5.41, 5.74) is 1.12. The van der Waals surface area contributed by atoms with E-state index in [4.69, 9.17) is 9.47 Å². The Bertz CT molecular complexity index is 978. The van der Waals surface area contributed by atoms with Crippen LogP contribution in [-0.2, 0) is 24.5 Å². The molecule has 0 aliphatic heterocycles. The van der Waals surface area contributed by atoms with Crippen molar-refractivity contribution in [2.45, 2.75) is 19.3 Å². The van der Waals surface area contributed by atoms with Crippen LogP contribution in [0.1, 0.15) is 30.5 Å². The van der Waals surface area contributed by atoms with E-state index in [1.807, 2.05) is 105 Å². The van der Waals surface area contributed by atoms with Crippen LogP contribution in [0, 0.1) is 17.3 Å². The molecule has 32 heavy (non-hydrogen) atoms. The van der Waals surface area contributed by atoms with Gasteiger partial charge in [0.1, 0.15) is 5.41 Å². The summed E-state index contributed by atoms with van der Waals surface area (Å²) in [6.45, 7) is 4.18. The second-order valence-corrected chi connectivity index (χ2v) is 8.88. The fourth-order valence-corrected chi connectivity index (χ4v) is 4.84. The fraction of sp³-hybridized carbons (Fsp3) is 0.286. The molecule has 0 bridgehead atoms. The van der Waals surface area contributed by atoms with Crippen LogP contribution < -0.4 is 0 Å². The lowest BCUT2D eigenvalue weighted by atomic mass is 9.69. The van der Waals surface area contributed by atoms with Crippen molar-refractivity contribution >= 4 is 11.9 Å². The molecular formula is C28H28O4. The van der Waals surface area contributed by atoms with Gasteiger partial charge in [0, 0.05) is 5.92 Å². The van der Waals surface area contributed by atoms with E-state index in [1.165, 1.54) is 7.11 Å². The van der Waals surface area contributed by atoms with Crippen LogP contribution in [0.5, 0.6) is 0 Å². The molecule has 1 aliphatic rings.